The summed E-state index contributed by atoms with van der Waals surface area (Å²) >= 11 is 13.8. The molecule has 0 fully saturated rings. The number of nitrogens with two attached hydrogens (primary N) is 1. The molecule has 1 rings (SSSR count). The van der Waals surface area contributed by atoms with Crippen LogP contribution in [-0.4, -0.2) is 0 Å². The van der Waals surface area contributed by atoms with Crippen LogP contribution >= 0.6 is 45.8 Å². The highest BCUT2D eigenvalue weighted by Crippen LogP contribution is 2.25. The average molecular weight is 302 g/mol. The third-order valence-corrected chi connectivity index (χ3v) is 2.83. The van der Waals surface area contributed by atoms with Gasteiger partial charge in [-0.05, 0) is 40.3 Å². The number of halogens is 3. The molecule has 0 unspecified atom stereocenters. The van der Waals surface area contributed by atoms with Gasteiger partial charge in [-0.2, -0.15) is 0 Å². The molecule has 60 valence electrons. The number of hydrogen-bond donors (Lipinski definition) is 1. The van der Waals surface area contributed by atoms with E-state index in [1.165, 1.54) is 0 Å². The van der Waals surface area contributed by atoms with Gasteiger partial charge in [0.2, 0.25) is 0 Å². The Morgan fingerprint density at radius 1 is 1.36 bits per heavy atom. The summed E-state index contributed by atoms with van der Waals surface area (Å²) in [4.78, 5) is 0. The van der Waals surface area contributed by atoms with Crippen molar-refractivity contribution >= 4 is 45.8 Å². The maximum absolute atomic E-state index is 5.87. The van der Waals surface area contributed by atoms with E-state index in [4.69, 9.17) is 28.9 Å². The van der Waals surface area contributed by atoms with Gasteiger partial charge in [-0.25, -0.2) is 0 Å². The van der Waals surface area contributed by atoms with Gasteiger partial charge in [-0.15, -0.1) is 0 Å². The lowest BCUT2D eigenvalue weighted by Gasteiger charge is -2.03. The molecule has 0 saturated carbocycles. The van der Waals surface area contributed by atoms with Crippen molar-refractivity contribution in [3.63, 3.8) is 0 Å². The molecule has 0 radical (unpaired) electrons. The van der Waals surface area contributed by atoms with Crippen LogP contribution in [0.25, 0.3) is 0 Å². The summed E-state index contributed by atoms with van der Waals surface area (Å²) in [6.07, 6.45) is 0. The van der Waals surface area contributed by atoms with E-state index in [0.29, 0.717) is 16.6 Å². The summed E-state index contributed by atoms with van der Waals surface area (Å²) in [6, 6.07) is 3.55. The van der Waals surface area contributed by atoms with E-state index in [1.54, 1.807) is 6.07 Å². The quantitative estimate of drug-likeness (QED) is 0.793. The fourth-order valence-electron chi connectivity index (χ4n) is 0.767. The zero-order valence-electron chi connectivity index (χ0n) is 5.57. The van der Waals surface area contributed by atoms with Crippen LogP contribution < -0.4 is 5.73 Å². The second-order valence-corrected chi connectivity index (χ2v) is 4.06. The van der Waals surface area contributed by atoms with E-state index < -0.39 is 0 Å². The summed E-state index contributed by atoms with van der Waals surface area (Å²) in [5.74, 6) is 0. The number of benzene rings is 1. The van der Waals surface area contributed by atoms with Gasteiger partial charge in [0, 0.05) is 20.2 Å². The van der Waals surface area contributed by atoms with Crippen LogP contribution in [-0.2, 0) is 6.54 Å². The van der Waals surface area contributed by atoms with Crippen molar-refractivity contribution in [2.24, 2.45) is 5.73 Å². The SMILES string of the molecule is NCc1c(Cl)cc(Cl)cc1I. The smallest absolute Gasteiger partial charge is 0.0476 e. The second kappa shape index (κ2) is 3.94. The maximum Gasteiger partial charge on any atom is 0.0476 e. The predicted octanol–water partition coefficient (Wildman–Crippen LogP) is 3.06. The minimum Gasteiger partial charge on any atom is -0.326 e. The Morgan fingerprint density at radius 2 is 2.00 bits per heavy atom. The number of hydrogen-bond acceptors (Lipinski definition) is 1. The minimum absolute atomic E-state index is 0.453. The van der Waals surface area contributed by atoms with Crippen LogP contribution in [0.5, 0.6) is 0 Å². The fourth-order valence-corrected chi connectivity index (χ4v) is 2.53. The van der Waals surface area contributed by atoms with Gasteiger partial charge in [-0.3, -0.25) is 0 Å². The molecular weight excluding hydrogens is 296 g/mol. The Balaban J connectivity index is 3.25. The van der Waals surface area contributed by atoms with Gasteiger partial charge in [0.05, 0.1) is 0 Å². The Hall–Kier alpha value is 0.490. The Labute approximate surface area is 89.0 Å². The molecule has 4 heteroatoms. The minimum atomic E-state index is 0.453. The van der Waals surface area contributed by atoms with Crippen LogP contribution in [0.15, 0.2) is 12.1 Å². The van der Waals surface area contributed by atoms with Gasteiger partial charge >= 0.3 is 0 Å². The summed E-state index contributed by atoms with van der Waals surface area (Å²) < 4.78 is 1.02. The van der Waals surface area contributed by atoms with Crippen molar-refractivity contribution in [3.05, 3.63) is 31.3 Å². The first kappa shape index (κ1) is 9.58. The van der Waals surface area contributed by atoms with Gasteiger partial charge < -0.3 is 5.73 Å². The molecule has 11 heavy (non-hydrogen) atoms. The molecule has 0 aliphatic rings. The van der Waals surface area contributed by atoms with Crippen LogP contribution in [0.4, 0.5) is 0 Å². The van der Waals surface area contributed by atoms with Crippen molar-refractivity contribution in [2.45, 2.75) is 6.54 Å². The van der Waals surface area contributed by atoms with E-state index >= 15 is 0 Å². The molecule has 0 spiro atoms. The lowest BCUT2D eigenvalue weighted by molar-refractivity contribution is 1.06. The lowest BCUT2D eigenvalue weighted by Crippen LogP contribution is -1.99. The zero-order valence-corrected chi connectivity index (χ0v) is 9.24. The molecule has 1 aromatic carbocycles. The highest BCUT2D eigenvalue weighted by Gasteiger charge is 2.04. The maximum atomic E-state index is 5.87. The molecular formula is C7H6Cl2IN. The first-order valence-electron chi connectivity index (χ1n) is 2.98. The van der Waals surface area contributed by atoms with Crippen molar-refractivity contribution in [1.29, 1.82) is 0 Å². The van der Waals surface area contributed by atoms with E-state index in [9.17, 15) is 0 Å². The van der Waals surface area contributed by atoms with E-state index in [0.717, 1.165) is 9.13 Å². The van der Waals surface area contributed by atoms with E-state index in [-0.39, 0.29) is 0 Å². The van der Waals surface area contributed by atoms with Crippen molar-refractivity contribution in [2.75, 3.05) is 0 Å². The molecule has 0 amide bonds. The van der Waals surface area contributed by atoms with Crippen molar-refractivity contribution in [1.82, 2.24) is 0 Å². The Kier molecular flexibility index (Phi) is 3.43. The molecule has 0 atom stereocenters. The van der Waals surface area contributed by atoms with Gasteiger partial charge in [0.1, 0.15) is 0 Å². The molecule has 0 aliphatic carbocycles. The standard InChI is InChI=1S/C7H6Cl2IN/c8-4-1-6(9)5(3-11)7(10)2-4/h1-2H,3,11H2. The molecule has 2 N–H and O–H groups in total. The van der Waals surface area contributed by atoms with Crippen LogP contribution in [0, 0.1) is 3.57 Å². The van der Waals surface area contributed by atoms with Crippen molar-refractivity contribution < 1.29 is 0 Å². The number of rotatable bonds is 1. The highest BCUT2D eigenvalue weighted by atomic mass is 127. The van der Waals surface area contributed by atoms with Gasteiger partial charge in [-0.1, -0.05) is 23.2 Å². The predicted molar refractivity (Wildman–Crippen MR) is 57.1 cm³/mol. The molecule has 0 aromatic heterocycles. The molecule has 0 bridgehead atoms. The third-order valence-electron chi connectivity index (χ3n) is 1.31. The molecule has 1 aromatic rings. The summed E-state index contributed by atoms with van der Waals surface area (Å²) in [5, 5.41) is 1.29. The zero-order chi connectivity index (χ0) is 8.43. The van der Waals surface area contributed by atoms with Crippen molar-refractivity contribution in [3.8, 4) is 0 Å². The first-order chi connectivity index (χ1) is 5.15. The normalized spacial score (nSPS) is 10.2. The van der Waals surface area contributed by atoms with E-state index in [2.05, 4.69) is 22.6 Å². The third kappa shape index (κ3) is 2.21. The second-order valence-electron chi connectivity index (χ2n) is 2.05. The van der Waals surface area contributed by atoms with Gasteiger partial charge in [0.15, 0.2) is 0 Å². The Bertz CT molecular complexity index is 252. The summed E-state index contributed by atoms with van der Waals surface area (Å²) in [7, 11) is 0. The van der Waals surface area contributed by atoms with Gasteiger partial charge in [0.25, 0.3) is 0 Å². The largest absolute Gasteiger partial charge is 0.326 e. The molecule has 1 nitrogen and oxygen atoms in total. The highest BCUT2D eigenvalue weighted by molar-refractivity contribution is 14.1. The first-order valence-corrected chi connectivity index (χ1v) is 4.82. The van der Waals surface area contributed by atoms with Crippen LogP contribution in [0.2, 0.25) is 10.0 Å². The topological polar surface area (TPSA) is 26.0 Å². The lowest BCUT2D eigenvalue weighted by atomic mass is 10.2. The van der Waals surface area contributed by atoms with Crippen LogP contribution in [0.1, 0.15) is 5.56 Å². The Morgan fingerprint density at radius 3 is 2.45 bits per heavy atom. The van der Waals surface area contributed by atoms with Crippen LogP contribution in [0.3, 0.4) is 0 Å². The molecule has 0 heterocycles. The summed E-state index contributed by atoms with van der Waals surface area (Å²) in [6.45, 7) is 0.453. The van der Waals surface area contributed by atoms with E-state index in [1.807, 2.05) is 6.07 Å². The average Bonchev–Trinajstić information content (AvgIpc) is 1.85. The molecule has 0 aliphatic heterocycles. The summed E-state index contributed by atoms with van der Waals surface area (Å²) in [5.41, 5.74) is 6.42. The fraction of sp³-hybridized carbons (Fsp3) is 0.143. The molecule has 0 saturated heterocycles. The monoisotopic (exact) mass is 301 g/mol.